The molecule has 0 fully saturated rings. The minimum Gasteiger partial charge on any atom is -0.497 e. The van der Waals surface area contributed by atoms with E-state index in [1.807, 2.05) is 22.6 Å². The summed E-state index contributed by atoms with van der Waals surface area (Å²) in [5.74, 6) is 0.989. The van der Waals surface area contributed by atoms with Gasteiger partial charge < -0.3 is 14.8 Å². The Kier molecular flexibility index (Phi) is 7.84. The number of nitrogens with one attached hydrogen (secondary N) is 1. The van der Waals surface area contributed by atoms with Crippen molar-refractivity contribution in [3.05, 3.63) is 57.2 Å². The van der Waals surface area contributed by atoms with Gasteiger partial charge in [-0.25, -0.2) is 13.6 Å². The zero-order chi connectivity index (χ0) is 20.7. The van der Waals surface area contributed by atoms with Gasteiger partial charge in [0.15, 0.2) is 0 Å². The molecule has 0 aliphatic rings. The van der Waals surface area contributed by atoms with Crippen LogP contribution in [0.25, 0.3) is 6.08 Å². The van der Waals surface area contributed by atoms with Crippen LogP contribution in [-0.2, 0) is 21.2 Å². The number of carbonyl (C=O) groups excluding carboxylic acids is 1. The van der Waals surface area contributed by atoms with E-state index in [1.54, 1.807) is 50.6 Å². The molecule has 0 saturated heterocycles. The summed E-state index contributed by atoms with van der Waals surface area (Å²) < 4.78 is 34.1. The van der Waals surface area contributed by atoms with Crippen LogP contribution in [0.3, 0.4) is 0 Å². The Hall–Kier alpha value is -2.11. The summed E-state index contributed by atoms with van der Waals surface area (Å²) in [7, 11) is -0.664. The quantitative estimate of drug-likeness (QED) is 0.414. The molecule has 0 aliphatic heterocycles. The zero-order valence-corrected chi connectivity index (χ0v) is 18.4. The Morgan fingerprint density at radius 3 is 2.57 bits per heavy atom. The number of hydrogen-bond donors (Lipinski definition) is 2. The molecule has 2 aromatic carbocycles. The SMILES string of the molecule is COc1ccc(C=CC(=O)NCCc2ccc(I)c(S(N)(=O)=O)c2)c(OC)c1. The lowest BCUT2D eigenvalue weighted by Gasteiger charge is -2.08. The number of carbonyl (C=O) groups is 1. The molecule has 2 aromatic rings. The Morgan fingerprint density at radius 1 is 1.18 bits per heavy atom. The van der Waals surface area contributed by atoms with Crippen LogP contribution in [0.5, 0.6) is 11.5 Å². The summed E-state index contributed by atoms with van der Waals surface area (Å²) in [5, 5.41) is 7.97. The summed E-state index contributed by atoms with van der Waals surface area (Å²) in [6.07, 6.45) is 3.54. The van der Waals surface area contributed by atoms with E-state index < -0.39 is 10.0 Å². The lowest BCUT2D eigenvalue weighted by Crippen LogP contribution is -2.23. The highest BCUT2D eigenvalue weighted by Gasteiger charge is 2.13. The van der Waals surface area contributed by atoms with Gasteiger partial charge in [0, 0.05) is 27.8 Å². The van der Waals surface area contributed by atoms with E-state index in [9.17, 15) is 13.2 Å². The van der Waals surface area contributed by atoms with Gasteiger partial charge in [-0.2, -0.15) is 0 Å². The van der Waals surface area contributed by atoms with Crippen molar-refractivity contribution in [3.63, 3.8) is 0 Å². The van der Waals surface area contributed by atoms with Crippen molar-refractivity contribution >= 4 is 44.6 Å². The number of primary sulfonamides is 1. The molecule has 28 heavy (non-hydrogen) atoms. The highest BCUT2D eigenvalue weighted by atomic mass is 127. The minimum absolute atomic E-state index is 0.0865. The Morgan fingerprint density at radius 2 is 1.93 bits per heavy atom. The molecule has 2 rings (SSSR count). The van der Waals surface area contributed by atoms with Crippen LogP contribution in [-0.4, -0.2) is 35.1 Å². The largest absolute Gasteiger partial charge is 0.497 e. The molecule has 0 radical (unpaired) electrons. The highest BCUT2D eigenvalue weighted by molar-refractivity contribution is 14.1. The Balaban J connectivity index is 1.96. The molecule has 0 aliphatic carbocycles. The van der Waals surface area contributed by atoms with Crippen LogP contribution in [0.1, 0.15) is 11.1 Å². The smallest absolute Gasteiger partial charge is 0.244 e. The third kappa shape index (κ3) is 6.21. The van der Waals surface area contributed by atoms with Gasteiger partial charge in [-0.1, -0.05) is 6.07 Å². The van der Waals surface area contributed by atoms with Crippen LogP contribution < -0.4 is 19.9 Å². The summed E-state index contributed by atoms with van der Waals surface area (Å²) in [6.45, 7) is 0.355. The lowest BCUT2D eigenvalue weighted by atomic mass is 10.1. The lowest BCUT2D eigenvalue weighted by molar-refractivity contribution is -0.116. The maximum absolute atomic E-state index is 12.0. The second-order valence-corrected chi connectivity index (χ2v) is 8.48. The van der Waals surface area contributed by atoms with Crippen LogP contribution in [0, 0.1) is 3.57 Å². The average molecular weight is 516 g/mol. The summed E-state index contributed by atoms with van der Waals surface area (Å²) in [6, 6.07) is 10.3. The van der Waals surface area contributed by atoms with E-state index in [2.05, 4.69) is 5.32 Å². The predicted octanol–water partition coefficient (Wildman–Crippen LogP) is 2.33. The number of hydrogen-bond acceptors (Lipinski definition) is 5. The number of amides is 1. The monoisotopic (exact) mass is 516 g/mol. The molecule has 3 N–H and O–H groups in total. The Labute approximate surface area is 178 Å². The van der Waals surface area contributed by atoms with Crippen molar-refractivity contribution in [1.82, 2.24) is 5.32 Å². The number of sulfonamides is 1. The first-order chi connectivity index (χ1) is 13.2. The first kappa shape index (κ1) is 22.2. The predicted molar refractivity (Wildman–Crippen MR) is 116 cm³/mol. The fourth-order valence-corrected chi connectivity index (χ4v) is 4.34. The van der Waals surface area contributed by atoms with Gasteiger partial charge in [-0.3, -0.25) is 4.79 Å². The number of rotatable bonds is 8. The molecule has 0 aromatic heterocycles. The molecular formula is C19H21IN2O5S. The van der Waals surface area contributed by atoms with Gasteiger partial charge in [0.25, 0.3) is 0 Å². The first-order valence-electron chi connectivity index (χ1n) is 8.23. The van der Waals surface area contributed by atoms with Gasteiger partial charge in [-0.15, -0.1) is 0 Å². The molecule has 0 heterocycles. The van der Waals surface area contributed by atoms with Gasteiger partial charge in [-0.05, 0) is 64.9 Å². The summed E-state index contributed by atoms with van der Waals surface area (Å²) >= 11 is 1.92. The molecule has 0 saturated carbocycles. The maximum Gasteiger partial charge on any atom is 0.244 e. The van der Waals surface area contributed by atoms with E-state index in [-0.39, 0.29) is 10.8 Å². The topological polar surface area (TPSA) is 108 Å². The van der Waals surface area contributed by atoms with Crippen molar-refractivity contribution in [2.24, 2.45) is 5.14 Å². The van der Waals surface area contributed by atoms with Crippen LogP contribution in [0.4, 0.5) is 0 Å². The van der Waals surface area contributed by atoms with Gasteiger partial charge >= 0.3 is 0 Å². The zero-order valence-electron chi connectivity index (χ0n) is 15.4. The highest BCUT2D eigenvalue weighted by Crippen LogP contribution is 2.25. The molecule has 0 unspecified atom stereocenters. The van der Waals surface area contributed by atoms with Gasteiger partial charge in [0.2, 0.25) is 15.9 Å². The molecule has 7 nitrogen and oxygen atoms in total. The minimum atomic E-state index is -3.78. The number of methoxy groups -OCH3 is 2. The van der Waals surface area contributed by atoms with Crippen LogP contribution >= 0.6 is 22.6 Å². The van der Waals surface area contributed by atoms with Crippen molar-refractivity contribution in [3.8, 4) is 11.5 Å². The second-order valence-electron chi connectivity index (χ2n) is 5.79. The second kappa shape index (κ2) is 9.89. The normalized spacial score (nSPS) is 11.4. The fraction of sp³-hybridized carbons (Fsp3) is 0.211. The average Bonchev–Trinajstić information content (AvgIpc) is 2.66. The molecule has 0 bridgehead atoms. The first-order valence-corrected chi connectivity index (χ1v) is 10.9. The molecule has 0 spiro atoms. The molecular weight excluding hydrogens is 495 g/mol. The van der Waals surface area contributed by atoms with Crippen LogP contribution in [0.15, 0.2) is 47.4 Å². The standard InChI is InChI=1S/C19H21IN2O5S/c1-26-15-6-4-14(17(12-15)27-2)5-8-19(23)22-10-9-13-3-7-16(20)18(11-13)28(21,24)25/h3-8,11-12H,9-10H2,1-2H3,(H,22,23)(H2,21,24,25). The van der Waals surface area contributed by atoms with Crippen molar-refractivity contribution in [1.29, 1.82) is 0 Å². The summed E-state index contributed by atoms with van der Waals surface area (Å²) in [4.78, 5) is 12.1. The maximum atomic E-state index is 12.0. The van der Waals surface area contributed by atoms with Gasteiger partial charge in [0.1, 0.15) is 11.5 Å². The third-order valence-corrected chi connectivity index (χ3v) is 6.13. The van der Waals surface area contributed by atoms with Crippen molar-refractivity contribution in [2.75, 3.05) is 20.8 Å². The van der Waals surface area contributed by atoms with E-state index in [0.29, 0.717) is 28.0 Å². The Bertz CT molecular complexity index is 990. The van der Waals surface area contributed by atoms with E-state index in [1.165, 1.54) is 12.1 Å². The summed E-state index contributed by atoms with van der Waals surface area (Å²) in [5.41, 5.74) is 1.51. The number of halogens is 1. The number of ether oxygens (including phenoxy) is 2. The molecule has 1 amide bonds. The van der Waals surface area contributed by atoms with E-state index >= 15 is 0 Å². The van der Waals surface area contributed by atoms with E-state index in [0.717, 1.165) is 11.1 Å². The third-order valence-electron chi connectivity index (χ3n) is 3.87. The molecule has 9 heteroatoms. The van der Waals surface area contributed by atoms with Crippen molar-refractivity contribution in [2.45, 2.75) is 11.3 Å². The fourth-order valence-electron chi connectivity index (χ4n) is 2.43. The van der Waals surface area contributed by atoms with Crippen LogP contribution in [0.2, 0.25) is 0 Å². The number of nitrogens with two attached hydrogens (primary N) is 1. The van der Waals surface area contributed by atoms with Gasteiger partial charge in [0.05, 0.1) is 19.1 Å². The molecule has 150 valence electrons. The number of benzene rings is 2. The van der Waals surface area contributed by atoms with E-state index in [4.69, 9.17) is 14.6 Å². The molecule has 0 atom stereocenters. The van der Waals surface area contributed by atoms with Crippen molar-refractivity contribution < 1.29 is 22.7 Å².